The zero-order chi connectivity index (χ0) is 34.6. The number of rotatable bonds is 4. The second kappa shape index (κ2) is 11.1. The number of para-hydroxylation sites is 2. The fraction of sp³-hybridized carbons (Fsp3) is 0.0204. The summed E-state index contributed by atoms with van der Waals surface area (Å²) in [6, 6.07) is 63.1. The zero-order valence-corrected chi connectivity index (χ0v) is 30.2. The molecule has 4 heterocycles. The summed E-state index contributed by atoms with van der Waals surface area (Å²) in [6.45, 7) is 0. The van der Waals surface area contributed by atoms with Gasteiger partial charge in [0.2, 0.25) is 0 Å². The predicted molar refractivity (Wildman–Crippen MR) is 230 cm³/mol. The van der Waals surface area contributed by atoms with Crippen LogP contribution in [-0.4, -0.2) is 9.13 Å². The van der Waals surface area contributed by atoms with Crippen molar-refractivity contribution in [3.63, 3.8) is 0 Å². The van der Waals surface area contributed by atoms with Gasteiger partial charge in [-0.25, -0.2) is 0 Å². The summed E-state index contributed by atoms with van der Waals surface area (Å²) < 4.78 is 10.3. The van der Waals surface area contributed by atoms with E-state index in [-0.39, 0.29) is 0 Å². The fourth-order valence-electron chi connectivity index (χ4n) is 8.90. The van der Waals surface area contributed by atoms with Gasteiger partial charge < -0.3 is 9.13 Å². The van der Waals surface area contributed by atoms with E-state index in [2.05, 4.69) is 179 Å². The van der Waals surface area contributed by atoms with Gasteiger partial charge in [0, 0.05) is 61.9 Å². The largest absolute Gasteiger partial charge is 0.309 e. The third kappa shape index (κ3) is 4.25. The minimum atomic E-state index is 0.862. The first kappa shape index (κ1) is 29.4. The highest BCUT2D eigenvalue weighted by atomic mass is 32.1. The van der Waals surface area contributed by atoms with E-state index < -0.39 is 0 Å². The summed E-state index contributed by atoms with van der Waals surface area (Å²) in [4.78, 5) is 0. The normalized spacial score (nSPS) is 12.2. The first-order valence-electron chi connectivity index (χ1n) is 18.1. The van der Waals surface area contributed by atoms with Crippen molar-refractivity contribution in [1.82, 2.24) is 9.13 Å². The first-order valence-corrected chi connectivity index (χ1v) is 19.8. The smallest absolute Gasteiger partial charge is 0.0555 e. The molecule has 0 spiro atoms. The fourth-order valence-corrected chi connectivity index (χ4v) is 11.2. The Bertz CT molecular complexity index is 3210. The summed E-state index contributed by atoms with van der Waals surface area (Å²) in [5, 5.41) is 10.5. The number of hydrogen-bond acceptors (Lipinski definition) is 2. The highest BCUT2D eigenvalue weighted by Gasteiger charge is 2.19. The van der Waals surface area contributed by atoms with E-state index in [0.717, 1.165) is 6.42 Å². The highest BCUT2D eigenvalue weighted by Crippen LogP contribution is 2.43. The van der Waals surface area contributed by atoms with E-state index in [1.807, 2.05) is 22.7 Å². The molecule has 0 N–H and O–H groups in total. The number of thiophene rings is 2. The molecule has 0 atom stereocenters. The van der Waals surface area contributed by atoms with Crippen LogP contribution in [-0.2, 0) is 6.42 Å². The molecule has 248 valence electrons. The number of benzene rings is 8. The van der Waals surface area contributed by atoms with Gasteiger partial charge in [0.05, 0.1) is 33.4 Å². The molecule has 0 radical (unpaired) electrons. The molecule has 2 nitrogen and oxygen atoms in total. The van der Waals surface area contributed by atoms with E-state index in [9.17, 15) is 0 Å². The quantitative estimate of drug-likeness (QED) is 0.172. The topological polar surface area (TPSA) is 9.86 Å². The molecule has 53 heavy (non-hydrogen) atoms. The molecule has 0 aliphatic heterocycles. The Morgan fingerprint density at radius 3 is 1.21 bits per heavy atom. The van der Waals surface area contributed by atoms with Gasteiger partial charge in [-0.05, 0) is 90.3 Å². The van der Waals surface area contributed by atoms with Gasteiger partial charge in [-0.3, -0.25) is 0 Å². The van der Waals surface area contributed by atoms with Crippen LogP contribution in [0.2, 0.25) is 0 Å². The van der Waals surface area contributed by atoms with Gasteiger partial charge in [-0.2, -0.15) is 0 Å². The van der Waals surface area contributed by atoms with Crippen molar-refractivity contribution in [3.8, 4) is 11.4 Å². The molecule has 4 heteroatoms. The second-order valence-corrected chi connectivity index (χ2v) is 16.2. The average molecular weight is 711 g/mol. The average Bonchev–Trinajstić information content (AvgIpc) is 3.95. The molecule has 0 bridgehead atoms. The summed E-state index contributed by atoms with van der Waals surface area (Å²) in [7, 11) is 0. The van der Waals surface area contributed by atoms with Crippen LogP contribution < -0.4 is 0 Å². The van der Waals surface area contributed by atoms with E-state index >= 15 is 0 Å². The maximum atomic E-state index is 2.48. The van der Waals surface area contributed by atoms with Gasteiger partial charge in [0.15, 0.2) is 0 Å². The molecule has 4 aromatic heterocycles. The van der Waals surface area contributed by atoms with Crippen LogP contribution in [0.15, 0.2) is 170 Å². The Hall–Kier alpha value is -6.20. The maximum absolute atomic E-state index is 2.48. The lowest BCUT2D eigenvalue weighted by molar-refractivity contribution is 1.18. The van der Waals surface area contributed by atoms with Crippen molar-refractivity contribution in [3.05, 3.63) is 181 Å². The third-order valence-corrected chi connectivity index (χ3v) is 13.4. The number of aromatic nitrogens is 2. The molecule has 0 saturated heterocycles. The van der Waals surface area contributed by atoms with E-state index in [4.69, 9.17) is 0 Å². The Morgan fingerprint density at radius 2 is 0.717 bits per heavy atom. The van der Waals surface area contributed by atoms with Crippen molar-refractivity contribution < 1.29 is 0 Å². The highest BCUT2D eigenvalue weighted by molar-refractivity contribution is 7.26. The lowest BCUT2D eigenvalue weighted by Crippen LogP contribution is -1.95. The molecule has 0 unspecified atom stereocenters. The molecule has 0 aliphatic carbocycles. The summed E-state index contributed by atoms with van der Waals surface area (Å²) in [6.07, 6.45) is 0.862. The number of nitrogens with zero attached hydrogens (tertiary/aromatic N) is 2. The van der Waals surface area contributed by atoms with Crippen molar-refractivity contribution >= 4 is 107 Å². The lowest BCUT2D eigenvalue weighted by Gasteiger charge is -2.11. The molecular weight excluding hydrogens is 681 g/mol. The Morgan fingerprint density at radius 1 is 0.321 bits per heavy atom. The molecule has 8 aromatic carbocycles. The summed E-state index contributed by atoms with van der Waals surface area (Å²) in [5.41, 5.74) is 10.1. The SMILES string of the molecule is c1ccc2c(c1)sc1cccc(-n3c4ccccc4c4cc(Cc5ccc6c(c5)c5ccccc5n6-c5cccc6sc7ccccc7c56)ccc43)c12. The lowest BCUT2D eigenvalue weighted by atomic mass is 10.0. The minimum absolute atomic E-state index is 0.862. The van der Waals surface area contributed by atoms with Crippen LogP contribution in [0.5, 0.6) is 0 Å². The Labute approximate surface area is 313 Å². The van der Waals surface area contributed by atoms with Gasteiger partial charge >= 0.3 is 0 Å². The number of fused-ring (bicyclic) bond motifs is 12. The number of hydrogen-bond donors (Lipinski definition) is 0. The van der Waals surface area contributed by atoms with Gasteiger partial charge in [0.25, 0.3) is 0 Å². The Balaban J connectivity index is 1.01. The molecule has 0 saturated carbocycles. The first-order chi connectivity index (χ1) is 26.3. The monoisotopic (exact) mass is 710 g/mol. The van der Waals surface area contributed by atoms with Crippen molar-refractivity contribution in [2.75, 3.05) is 0 Å². The third-order valence-electron chi connectivity index (χ3n) is 11.1. The van der Waals surface area contributed by atoms with Crippen LogP contribution >= 0.6 is 22.7 Å². The molecule has 0 amide bonds. The van der Waals surface area contributed by atoms with Crippen molar-refractivity contribution in [2.45, 2.75) is 6.42 Å². The van der Waals surface area contributed by atoms with Crippen molar-refractivity contribution in [1.29, 1.82) is 0 Å². The van der Waals surface area contributed by atoms with Crippen LogP contribution in [0.3, 0.4) is 0 Å². The second-order valence-electron chi connectivity index (χ2n) is 14.1. The summed E-state index contributed by atoms with van der Waals surface area (Å²) in [5.74, 6) is 0. The minimum Gasteiger partial charge on any atom is -0.309 e. The Kier molecular flexibility index (Phi) is 6.18. The van der Waals surface area contributed by atoms with Crippen molar-refractivity contribution in [2.24, 2.45) is 0 Å². The van der Waals surface area contributed by atoms with E-state index in [0.29, 0.717) is 0 Å². The van der Waals surface area contributed by atoms with Gasteiger partial charge in [-0.1, -0.05) is 97.1 Å². The summed E-state index contributed by atoms with van der Waals surface area (Å²) >= 11 is 3.75. The zero-order valence-electron chi connectivity index (χ0n) is 28.6. The standard InChI is InChI=1S/C49H30N2S2/c1-5-15-38-32(11-1)36-28-30(23-25-40(36)50(38)42-17-9-21-46-48(42)34-13-3-7-19-44(34)52-46)27-31-24-26-41-37(29-31)33-12-2-6-16-39(33)51(41)43-18-10-22-47-49(43)35-14-4-8-20-45(35)53-47/h1-26,28-29H,27H2. The molecular formula is C49H30N2S2. The predicted octanol–water partition coefficient (Wildman–Crippen LogP) is 14.2. The van der Waals surface area contributed by atoms with Gasteiger partial charge in [-0.15, -0.1) is 22.7 Å². The molecule has 0 fully saturated rings. The molecule has 0 aliphatic rings. The van der Waals surface area contributed by atoms with Crippen LogP contribution in [0.25, 0.3) is 95.3 Å². The van der Waals surface area contributed by atoms with E-state index in [1.165, 1.54) is 106 Å². The van der Waals surface area contributed by atoms with Crippen LogP contribution in [0, 0.1) is 0 Å². The van der Waals surface area contributed by atoms with E-state index in [1.54, 1.807) is 0 Å². The molecule has 12 aromatic rings. The van der Waals surface area contributed by atoms with Gasteiger partial charge in [0.1, 0.15) is 0 Å². The molecule has 12 rings (SSSR count). The van der Waals surface area contributed by atoms with Crippen LogP contribution in [0.1, 0.15) is 11.1 Å². The maximum Gasteiger partial charge on any atom is 0.0555 e. The van der Waals surface area contributed by atoms with Crippen LogP contribution in [0.4, 0.5) is 0 Å².